The number of nitrogens with two attached hydrogens (primary N) is 1. The molecule has 1 aromatic carbocycles. The summed E-state index contributed by atoms with van der Waals surface area (Å²) in [6.45, 7) is 4.31. The van der Waals surface area contributed by atoms with Crippen molar-refractivity contribution < 1.29 is 8.42 Å². The van der Waals surface area contributed by atoms with Gasteiger partial charge in [-0.3, -0.25) is 4.90 Å². The first-order valence-electron chi connectivity index (χ1n) is 6.85. The van der Waals surface area contributed by atoms with Crippen LogP contribution in [0.15, 0.2) is 33.6 Å². The van der Waals surface area contributed by atoms with E-state index in [4.69, 9.17) is 5.73 Å². The Kier molecular flexibility index (Phi) is 5.23. The summed E-state index contributed by atoms with van der Waals surface area (Å²) in [5.74, 6) is 0.663. The minimum Gasteiger partial charge on any atom is -0.330 e. The third kappa shape index (κ3) is 3.81. The van der Waals surface area contributed by atoms with Gasteiger partial charge in [-0.1, -0.05) is 15.9 Å². The molecule has 1 fully saturated rings. The van der Waals surface area contributed by atoms with E-state index in [-0.39, 0.29) is 5.75 Å². The van der Waals surface area contributed by atoms with Crippen molar-refractivity contribution in [2.24, 2.45) is 11.7 Å². The van der Waals surface area contributed by atoms with Crippen LogP contribution in [0.5, 0.6) is 0 Å². The van der Waals surface area contributed by atoms with Crippen LogP contribution in [-0.2, 0) is 9.84 Å². The lowest BCUT2D eigenvalue weighted by molar-refractivity contribution is 0.280. The lowest BCUT2D eigenvalue weighted by Crippen LogP contribution is -2.32. The van der Waals surface area contributed by atoms with E-state index in [1.54, 1.807) is 24.3 Å². The van der Waals surface area contributed by atoms with Crippen LogP contribution in [0.3, 0.4) is 0 Å². The first-order chi connectivity index (χ1) is 9.42. The summed E-state index contributed by atoms with van der Waals surface area (Å²) in [5, 5.41) is 0. The topological polar surface area (TPSA) is 63.4 Å². The van der Waals surface area contributed by atoms with Crippen LogP contribution < -0.4 is 5.73 Å². The Hall–Kier alpha value is -0.430. The summed E-state index contributed by atoms with van der Waals surface area (Å²) in [6.07, 6.45) is 1.06. The molecule has 1 aromatic rings. The molecule has 1 aliphatic heterocycles. The number of likely N-dealkylation sites (tertiary alicyclic amines) is 1. The van der Waals surface area contributed by atoms with Crippen LogP contribution in [0.25, 0.3) is 0 Å². The molecule has 6 heteroatoms. The number of sulfone groups is 1. The highest BCUT2D eigenvalue weighted by Crippen LogP contribution is 2.22. The number of hydrogen-bond acceptors (Lipinski definition) is 4. The van der Waals surface area contributed by atoms with E-state index in [1.807, 2.05) is 0 Å². The molecule has 2 unspecified atom stereocenters. The minimum atomic E-state index is -3.21. The van der Waals surface area contributed by atoms with E-state index < -0.39 is 9.84 Å². The summed E-state index contributed by atoms with van der Waals surface area (Å²) in [7, 11) is -3.21. The van der Waals surface area contributed by atoms with Crippen LogP contribution >= 0.6 is 15.9 Å². The third-order valence-electron chi connectivity index (χ3n) is 3.94. The van der Waals surface area contributed by atoms with Crippen LogP contribution in [0, 0.1) is 5.92 Å². The van der Waals surface area contributed by atoms with Gasteiger partial charge in [0.05, 0.1) is 10.6 Å². The van der Waals surface area contributed by atoms with Gasteiger partial charge < -0.3 is 5.73 Å². The smallest absolute Gasteiger partial charge is 0.179 e. The molecular formula is C14H21BrN2O2S. The van der Waals surface area contributed by atoms with Crippen molar-refractivity contribution in [3.05, 3.63) is 28.7 Å². The Balaban J connectivity index is 1.98. The van der Waals surface area contributed by atoms with Crippen LogP contribution in [-0.4, -0.2) is 44.7 Å². The van der Waals surface area contributed by atoms with Crippen molar-refractivity contribution >= 4 is 25.8 Å². The largest absolute Gasteiger partial charge is 0.330 e. The summed E-state index contributed by atoms with van der Waals surface area (Å²) in [4.78, 5) is 2.62. The quantitative estimate of drug-likeness (QED) is 0.870. The van der Waals surface area contributed by atoms with Gasteiger partial charge in [-0.05, 0) is 50.1 Å². The van der Waals surface area contributed by atoms with Gasteiger partial charge in [0.15, 0.2) is 9.84 Å². The second-order valence-electron chi connectivity index (χ2n) is 5.45. The first kappa shape index (κ1) is 15.9. The molecule has 2 atom stereocenters. The average molecular weight is 361 g/mol. The predicted octanol–water partition coefficient (Wildman–Crippen LogP) is 1.89. The minimum absolute atomic E-state index is 0.163. The van der Waals surface area contributed by atoms with Crippen molar-refractivity contribution in [2.75, 3.05) is 25.4 Å². The molecule has 1 heterocycles. The molecule has 4 nitrogen and oxygen atoms in total. The highest BCUT2D eigenvalue weighted by molar-refractivity contribution is 9.10. The van der Waals surface area contributed by atoms with Crippen molar-refractivity contribution in [2.45, 2.75) is 24.3 Å². The van der Waals surface area contributed by atoms with Crippen molar-refractivity contribution in [1.29, 1.82) is 0 Å². The monoisotopic (exact) mass is 360 g/mol. The van der Waals surface area contributed by atoms with Gasteiger partial charge in [0.25, 0.3) is 0 Å². The lowest BCUT2D eigenvalue weighted by atomic mass is 10.1. The molecule has 0 aliphatic carbocycles. The van der Waals surface area contributed by atoms with E-state index >= 15 is 0 Å². The van der Waals surface area contributed by atoms with Gasteiger partial charge in [-0.15, -0.1) is 0 Å². The Labute approximate surface area is 129 Å². The first-order valence-corrected chi connectivity index (χ1v) is 9.29. The Morgan fingerprint density at radius 3 is 2.55 bits per heavy atom. The number of benzene rings is 1. The predicted molar refractivity (Wildman–Crippen MR) is 84.4 cm³/mol. The zero-order valence-corrected chi connectivity index (χ0v) is 14.0. The normalized spacial score (nSPS) is 24.1. The second-order valence-corrected chi connectivity index (χ2v) is 8.48. The fraction of sp³-hybridized carbons (Fsp3) is 0.571. The van der Waals surface area contributed by atoms with E-state index in [1.165, 1.54) is 0 Å². The summed E-state index contributed by atoms with van der Waals surface area (Å²) in [5.41, 5.74) is 5.70. The maximum absolute atomic E-state index is 12.3. The number of hydrogen-bond donors (Lipinski definition) is 1. The van der Waals surface area contributed by atoms with Crippen LogP contribution in [0.4, 0.5) is 0 Å². The molecule has 20 heavy (non-hydrogen) atoms. The molecule has 1 aliphatic rings. The second kappa shape index (κ2) is 6.56. The van der Waals surface area contributed by atoms with E-state index in [0.717, 1.165) is 17.4 Å². The van der Waals surface area contributed by atoms with Gasteiger partial charge in [0.1, 0.15) is 0 Å². The molecule has 112 valence electrons. The average Bonchev–Trinajstić information content (AvgIpc) is 2.78. The van der Waals surface area contributed by atoms with Crippen molar-refractivity contribution in [3.63, 3.8) is 0 Å². The van der Waals surface area contributed by atoms with Crippen LogP contribution in [0.2, 0.25) is 0 Å². The Morgan fingerprint density at radius 1 is 1.35 bits per heavy atom. The van der Waals surface area contributed by atoms with Gasteiger partial charge in [0, 0.05) is 23.6 Å². The van der Waals surface area contributed by atoms with Crippen molar-refractivity contribution in [3.8, 4) is 0 Å². The zero-order chi connectivity index (χ0) is 14.8. The summed E-state index contributed by atoms with van der Waals surface area (Å²) >= 11 is 3.31. The molecule has 0 radical (unpaired) electrons. The molecule has 2 N–H and O–H groups in total. The summed E-state index contributed by atoms with van der Waals surface area (Å²) in [6, 6.07) is 7.24. The third-order valence-corrected chi connectivity index (χ3v) is 6.18. The molecule has 1 saturated heterocycles. The standard InChI is InChI=1S/C14H21BrN2O2S/c1-11-8-12(9-16)10-17(11)6-7-20(18,19)14-4-2-13(15)3-5-14/h2-5,11-12H,6-10,16H2,1H3. The Bertz CT molecular complexity index is 545. The van der Waals surface area contributed by atoms with E-state index in [0.29, 0.717) is 29.9 Å². The molecule has 0 bridgehead atoms. The van der Waals surface area contributed by atoms with Gasteiger partial charge in [-0.25, -0.2) is 8.42 Å². The molecule has 0 saturated carbocycles. The van der Waals surface area contributed by atoms with E-state index in [2.05, 4.69) is 27.8 Å². The van der Waals surface area contributed by atoms with Crippen LogP contribution in [0.1, 0.15) is 13.3 Å². The SMILES string of the molecule is CC1CC(CN)CN1CCS(=O)(=O)c1ccc(Br)cc1. The molecular weight excluding hydrogens is 340 g/mol. The molecule has 0 aromatic heterocycles. The Morgan fingerprint density at radius 2 is 2.00 bits per heavy atom. The summed E-state index contributed by atoms with van der Waals surface area (Å²) < 4.78 is 25.5. The number of halogens is 1. The van der Waals surface area contributed by atoms with E-state index in [9.17, 15) is 8.42 Å². The van der Waals surface area contributed by atoms with Gasteiger partial charge in [0.2, 0.25) is 0 Å². The highest BCUT2D eigenvalue weighted by atomic mass is 79.9. The fourth-order valence-corrected chi connectivity index (χ4v) is 4.22. The maximum Gasteiger partial charge on any atom is 0.179 e. The molecule has 2 rings (SSSR count). The number of rotatable bonds is 5. The fourth-order valence-electron chi connectivity index (χ4n) is 2.70. The van der Waals surface area contributed by atoms with Gasteiger partial charge >= 0.3 is 0 Å². The zero-order valence-electron chi connectivity index (χ0n) is 11.6. The molecule has 0 amide bonds. The number of nitrogens with zero attached hydrogens (tertiary/aromatic N) is 1. The highest BCUT2D eigenvalue weighted by Gasteiger charge is 2.29. The molecule has 0 spiro atoms. The maximum atomic E-state index is 12.3. The van der Waals surface area contributed by atoms with Crippen molar-refractivity contribution in [1.82, 2.24) is 4.90 Å². The van der Waals surface area contributed by atoms with Gasteiger partial charge in [-0.2, -0.15) is 0 Å². The lowest BCUT2D eigenvalue weighted by Gasteiger charge is -2.20.